The Kier molecular flexibility index (Phi) is 4.89. The van der Waals surface area contributed by atoms with Crippen molar-refractivity contribution < 1.29 is 28.2 Å². The number of carbonyl (C=O) groups is 2. The van der Waals surface area contributed by atoms with Gasteiger partial charge in [0.1, 0.15) is 5.82 Å². The molecule has 2 aromatic carbocycles. The fourth-order valence-electron chi connectivity index (χ4n) is 2.15. The molecule has 1 aliphatic rings. The number of hydrogen-bond donors (Lipinski definition) is 1. The van der Waals surface area contributed by atoms with Crippen LogP contribution in [0.1, 0.15) is 17.3 Å². The van der Waals surface area contributed by atoms with Gasteiger partial charge in [-0.1, -0.05) is 15.9 Å². The van der Waals surface area contributed by atoms with E-state index >= 15 is 0 Å². The monoisotopic (exact) mass is 409 g/mol. The van der Waals surface area contributed by atoms with E-state index in [0.29, 0.717) is 21.7 Å². The van der Waals surface area contributed by atoms with Crippen LogP contribution in [0.25, 0.3) is 0 Å². The quantitative estimate of drug-likeness (QED) is 0.782. The predicted molar refractivity (Wildman–Crippen MR) is 90.2 cm³/mol. The second kappa shape index (κ2) is 7.10. The molecule has 0 radical (unpaired) electrons. The molecular weight excluding hydrogens is 397 g/mol. The van der Waals surface area contributed by atoms with Crippen molar-refractivity contribution in [3.8, 4) is 11.5 Å². The maximum atomic E-state index is 13.8. The molecule has 8 heteroatoms. The third-order valence-corrected chi connectivity index (χ3v) is 3.94. The first-order chi connectivity index (χ1) is 11.9. The number of fused-ring (bicyclic) bond motifs is 1. The summed E-state index contributed by atoms with van der Waals surface area (Å²) in [5.41, 5.74) is 0.220. The van der Waals surface area contributed by atoms with Gasteiger partial charge in [0.2, 0.25) is 6.79 Å². The van der Waals surface area contributed by atoms with Gasteiger partial charge in [0.15, 0.2) is 17.6 Å². The van der Waals surface area contributed by atoms with Gasteiger partial charge >= 0.3 is 5.97 Å². The molecule has 2 aromatic rings. The summed E-state index contributed by atoms with van der Waals surface area (Å²) in [6.07, 6.45) is -1.11. The molecule has 0 aromatic heterocycles. The van der Waals surface area contributed by atoms with Gasteiger partial charge in [0.25, 0.3) is 5.91 Å². The summed E-state index contributed by atoms with van der Waals surface area (Å²) in [5.74, 6) is -1.10. The number of benzene rings is 2. The Morgan fingerprint density at radius 2 is 1.96 bits per heavy atom. The van der Waals surface area contributed by atoms with Crippen LogP contribution >= 0.6 is 15.9 Å². The first-order valence-electron chi connectivity index (χ1n) is 7.30. The van der Waals surface area contributed by atoms with Crippen molar-refractivity contribution >= 4 is 33.5 Å². The van der Waals surface area contributed by atoms with Gasteiger partial charge in [0, 0.05) is 16.2 Å². The van der Waals surface area contributed by atoms with E-state index in [4.69, 9.17) is 14.2 Å². The zero-order chi connectivity index (χ0) is 18.0. The molecule has 0 bridgehead atoms. The minimum atomic E-state index is -1.11. The molecule has 25 heavy (non-hydrogen) atoms. The lowest BCUT2D eigenvalue weighted by atomic mass is 10.2. The van der Waals surface area contributed by atoms with Crippen LogP contribution in [0.15, 0.2) is 40.9 Å². The Hall–Kier alpha value is -2.61. The van der Waals surface area contributed by atoms with Gasteiger partial charge in [-0.15, -0.1) is 0 Å². The van der Waals surface area contributed by atoms with E-state index in [-0.39, 0.29) is 12.4 Å². The number of halogens is 2. The summed E-state index contributed by atoms with van der Waals surface area (Å²) in [6, 6.07) is 8.83. The third-order valence-electron chi connectivity index (χ3n) is 3.44. The van der Waals surface area contributed by atoms with Gasteiger partial charge < -0.3 is 19.5 Å². The van der Waals surface area contributed by atoms with E-state index in [9.17, 15) is 14.0 Å². The average Bonchev–Trinajstić information content (AvgIpc) is 3.02. The Labute approximate surface area is 151 Å². The number of amides is 1. The number of hydrogen-bond acceptors (Lipinski definition) is 5. The van der Waals surface area contributed by atoms with Gasteiger partial charge in [-0.05, 0) is 37.3 Å². The Morgan fingerprint density at radius 3 is 2.72 bits per heavy atom. The van der Waals surface area contributed by atoms with Crippen LogP contribution in [0, 0.1) is 5.82 Å². The molecule has 1 atom stereocenters. The molecule has 0 unspecified atom stereocenters. The summed E-state index contributed by atoms with van der Waals surface area (Å²) >= 11 is 3.10. The molecule has 1 amide bonds. The standard InChI is InChI=1S/C17H13BrFNO5/c1-9(25-17(22)12-4-2-10(18)6-13(12)19)16(21)20-11-3-5-14-15(7-11)24-8-23-14/h2-7,9H,8H2,1H3,(H,20,21)/t9-/m0/s1. The molecule has 0 saturated heterocycles. The van der Waals surface area contributed by atoms with E-state index in [1.807, 2.05) is 0 Å². The molecular formula is C17H13BrFNO5. The van der Waals surface area contributed by atoms with Crippen molar-refractivity contribution in [1.29, 1.82) is 0 Å². The maximum Gasteiger partial charge on any atom is 0.341 e. The highest BCUT2D eigenvalue weighted by atomic mass is 79.9. The molecule has 1 heterocycles. The Bertz CT molecular complexity index is 842. The summed E-state index contributed by atoms with van der Waals surface area (Å²) in [6.45, 7) is 1.52. The lowest BCUT2D eigenvalue weighted by Crippen LogP contribution is -2.30. The lowest BCUT2D eigenvalue weighted by Gasteiger charge is -2.14. The second-order valence-corrected chi connectivity index (χ2v) is 6.14. The topological polar surface area (TPSA) is 73.9 Å². The Balaban J connectivity index is 1.63. The number of ether oxygens (including phenoxy) is 3. The summed E-state index contributed by atoms with van der Waals surface area (Å²) in [5, 5.41) is 2.60. The number of nitrogens with one attached hydrogen (secondary N) is 1. The Morgan fingerprint density at radius 1 is 1.20 bits per heavy atom. The van der Waals surface area contributed by atoms with Gasteiger partial charge in [-0.2, -0.15) is 0 Å². The highest BCUT2D eigenvalue weighted by molar-refractivity contribution is 9.10. The number of carbonyl (C=O) groups excluding carboxylic acids is 2. The van der Waals surface area contributed by atoms with Crippen LogP contribution in [0.2, 0.25) is 0 Å². The smallest absolute Gasteiger partial charge is 0.341 e. The zero-order valence-electron chi connectivity index (χ0n) is 13.0. The molecule has 3 rings (SSSR count). The first-order valence-corrected chi connectivity index (χ1v) is 8.10. The van der Waals surface area contributed by atoms with E-state index in [1.165, 1.54) is 19.1 Å². The molecule has 1 N–H and O–H groups in total. The van der Waals surface area contributed by atoms with Crippen LogP contribution in [-0.2, 0) is 9.53 Å². The number of anilines is 1. The highest BCUT2D eigenvalue weighted by Gasteiger charge is 2.22. The van der Waals surface area contributed by atoms with Crippen molar-refractivity contribution in [2.75, 3.05) is 12.1 Å². The number of esters is 1. The summed E-state index contributed by atoms with van der Waals surface area (Å²) in [7, 11) is 0. The van der Waals surface area contributed by atoms with E-state index in [2.05, 4.69) is 21.2 Å². The molecule has 1 aliphatic heterocycles. The van der Waals surface area contributed by atoms with Crippen LogP contribution in [-0.4, -0.2) is 24.8 Å². The largest absolute Gasteiger partial charge is 0.454 e. The van der Waals surface area contributed by atoms with E-state index in [0.717, 1.165) is 6.07 Å². The van der Waals surface area contributed by atoms with E-state index < -0.39 is 23.8 Å². The normalized spacial score (nSPS) is 13.2. The molecule has 0 aliphatic carbocycles. The van der Waals surface area contributed by atoms with Gasteiger partial charge in [-0.25, -0.2) is 9.18 Å². The molecule has 6 nitrogen and oxygen atoms in total. The van der Waals surface area contributed by atoms with Crippen molar-refractivity contribution in [3.05, 3.63) is 52.3 Å². The van der Waals surface area contributed by atoms with Crippen LogP contribution in [0.4, 0.5) is 10.1 Å². The van der Waals surface area contributed by atoms with Crippen molar-refractivity contribution in [2.24, 2.45) is 0 Å². The third kappa shape index (κ3) is 3.90. The second-order valence-electron chi connectivity index (χ2n) is 5.23. The SMILES string of the molecule is C[C@H](OC(=O)c1ccc(Br)cc1F)C(=O)Nc1ccc2c(c1)OCO2. The van der Waals surface area contributed by atoms with Crippen molar-refractivity contribution in [3.63, 3.8) is 0 Å². The zero-order valence-corrected chi connectivity index (χ0v) is 14.6. The molecule has 0 fully saturated rings. The predicted octanol–water partition coefficient (Wildman–Crippen LogP) is 3.50. The lowest BCUT2D eigenvalue weighted by molar-refractivity contribution is -0.123. The fraction of sp³-hybridized carbons (Fsp3) is 0.176. The van der Waals surface area contributed by atoms with Crippen molar-refractivity contribution in [2.45, 2.75) is 13.0 Å². The molecule has 0 spiro atoms. The summed E-state index contributed by atoms with van der Waals surface area (Å²) < 4.78 is 29.7. The number of rotatable bonds is 4. The fourth-order valence-corrected chi connectivity index (χ4v) is 2.48. The maximum absolute atomic E-state index is 13.8. The van der Waals surface area contributed by atoms with Crippen LogP contribution < -0.4 is 14.8 Å². The first kappa shape index (κ1) is 17.2. The molecule has 130 valence electrons. The van der Waals surface area contributed by atoms with E-state index in [1.54, 1.807) is 18.2 Å². The van der Waals surface area contributed by atoms with Crippen LogP contribution in [0.5, 0.6) is 11.5 Å². The van der Waals surface area contributed by atoms with Crippen molar-refractivity contribution in [1.82, 2.24) is 0 Å². The summed E-state index contributed by atoms with van der Waals surface area (Å²) in [4.78, 5) is 24.2. The van der Waals surface area contributed by atoms with Gasteiger partial charge in [-0.3, -0.25) is 4.79 Å². The van der Waals surface area contributed by atoms with Crippen LogP contribution in [0.3, 0.4) is 0 Å². The molecule has 0 saturated carbocycles. The minimum absolute atomic E-state index is 0.125. The highest BCUT2D eigenvalue weighted by Crippen LogP contribution is 2.34. The average molecular weight is 410 g/mol. The van der Waals surface area contributed by atoms with Gasteiger partial charge in [0.05, 0.1) is 5.56 Å². The minimum Gasteiger partial charge on any atom is -0.454 e.